The molecule has 4 unspecified atom stereocenters. The van der Waals surface area contributed by atoms with E-state index < -0.39 is 5.97 Å². The molecule has 190 valence electrons. The lowest BCUT2D eigenvalue weighted by molar-refractivity contribution is -0.139. The van der Waals surface area contributed by atoms with Crippen molar-refractivity contribution < 1.29 is 29.0 Å². The second kappa shape index (κ2) is 12.5. The van der Waals surface area contributed by atoms with Crippen LogP contribution in [0, 0.1) is 23.7 Å². The van der Waals surface area contributed by atoms with Gasteiger partial charge < -0.3 is 14.6 Å². The Morgan fingerprint density at radius 3 is 2.20 bits per heavy atom. The normalized spacial score (nSPS) is 29.5. The van der Waals surface area contributed by atoms with E-state index in [2.05, 4.69) is 18.2 Å². The molecule has 0 aromatic heterocycles. The first kappa shape index (κ1) is 26.3. The summed E-state index contributed by atoms with van der Waals surface area (Å²) in [6.07, 6.45) is 15.6. The van der Waals surface area contributed by atoms with E-state index >= 15 is 0 Å². The second-order valence-corrected chi connectivity index (χ2v) is 11.4. The minimum absolute atomic E-state index is 0.00466. The summed E-state index contributed by atoms with van der Waals surface area (Å²) in [7, 11) is 0. The Kier molecular flexibility index (Phi) is 9.36. The highest BCUT2D eigenvalue weighted by atomic mass is 32.2. The van der Waals surface area contributed by atoms with Crippen molar-refractivity contribution in [3.8, 4) is 0 Å². The molecule has 35 heavy (non-hydrogen) atoms. The summed E-state index contributed by atoms with van der Waals surface area (Å²) in [6.45, 7) is 4.12. The molecule has 4 bridgehead atoms. The summed E-state index contributed by atoms with van der Waals surface area (Å²) in [5.41, 5.74) is 1.85. The topological polar surface area (TPSA) is 89.9 Å². The Labute approximate surface area is 215 Å². The summed E-state index contributed by atoms with van der Waals surface area (Å²) in [6, 6.07) is 0. The molecule has 0 spiro atoms. The van der Waals surface area contributed by atoms with Gasteiger partial charge in [-0.3, -0.25) is 9.59 Å². The van der Waals surface area contributed by atoms with Crippen LogP contribution >= 0.6 is 23.5 Å². The largest absolute Gasteiger partial charge is 0.481 e. The molecule has 1 saturated heterocycles. The Morgan fingerprint density at radius 2 is 1.66 bits per heavy atom. The van der Waals surface area contributed by atoms with Crippen LogP contribution in [-0.4, -0.2) is 54.2 Å². The fourth-order valence-corrected chi connectivity index (χ4v) is 7.72. The van der Waals surface area contributed by atoms with Gasteiger partial charge in [-0.2, -0.15) is 0 Å². The van der Waals surface area contributed by atoms with Gasteiger partial charge in [0.25, 0.3) is 0 Å². The van der Waals surface area contributed by atoms with Crippen molar-refractivity contribution in [3.63, 3.8) is 0 Å². The van der Waals surface area contributed by atoms with E-state index in [9.17, 15) is 14.4 Å². The minimum atomic E-state index is -0.860. The number of ketones is 1. The van der Waals surface area contributed by atoms with E-state index in [0.717, 1.165) is 31.0 Å². The summed E-state index contributed by atoms with van der Waals surface area (Å²) in [4.78, 5) is 36.4. The predicted molar refractivity (Wildman–Crippen MR) is 139 cm³/mol. The monoisotopic (exact) mass is 518 g/mol. The Hall–Kier alpha value is -1.77. The maximum absolute atomic E-state index is 12.0. The fraction of sp³-hybridized carbons (Fsp3) is 0.593. The molecule has 1 N–H and O–H groups in total. The summed E-state index contributed by atoms with van der Waals surface area (Å²) in [5, 5.41) is 8.76. The van der Waals surface area contributed by atoms with E-state index in [1.165, 1.54) is 47.9 Å². The molecule has 0 radical (unpaired) electrons. The standard InChI is InChI=1S/C13H16O4S.C10H10OS.C4H8O/c1-2-17-13(16)11-8-3-5-9(6-4-8)12(11)18-7-10(14)15;11-8-5-12-10-7-3-1-6(2-4-7)9(8)10;1-2-4-5-3-1/h3,5,8-9H,2,4,6-7H2,1H3,(H,14,15);1,3,6-7H,2,4-5H2;1-4H2. The van der Waals surface area contributed by atoms with E-state index in [1.807, 2.05) is 6.08 Å². The van der Waals surface area contributed by atoms with Crippen LogP contribution in [0.15, 0.2) is 45.3 Å². The molecule has 8 heteroatoms. The number of ether oxygens (including phenoxy) is 2. The van der Waals surface area contributed by atoms with Crippen LogP contribution in [0.25, 0.3) is 0 Å². The van der Waals surface area contributed by atoms with Crippen LogP contribution in [-0.2, 0) is 23.9 Å². The molecule has 0 amide bonds. The first-order valence-corrected chi connectivity index (χ1v) is 14.6. The third kappa shape index (κ3) is 6.33. The van der Waals surface area contributed by atoms with E-state index in [1.54, 1.807) is 18.7 Å². The third-order valence-corrected chi connectivity index (χ3v) is 9.47. The lowest BCUT2D eigenvalue weighted by atomic mass is 9.75. The Bertz CT molecular complexity index is 951. The van der Waals surface area contributed by atoms with Gasteiger partial charge in [0.05, 0.1) is 23.7 Å². The number of carboxylic acids is 1. The van der Waals surface area contributed by atoms with Gasteiger partial charge in [-0.25, -0.2) is 4.79 Å². The Morgan fingerprint density at radius 1 is 1.03 bits per heavy atom. The van der Waals surface area contributed by atoms with E-state index in [0.29, 0.717) is 35.6 Å². The van der Waals surface area contributed by atoms with Gasteiger partial charge in [-0.15, -0.1) is 23.5 Å². The highest BCUT2D eigenvalue weighted by Crippen LogP contribution is 2.49. The lowest BCUT2D eigenvalue weighted by Gasteiger charge is -2.34. The van der Waals surface area contributed by atoms with Gasteiger partial charge in [0, 0.05) is 47.4 Å². The van der Waals surface area contributed by atoms with Crippen molar-refractivity contribution in [3.05, 3.63) is 45.3 Å². The number of rotatable bonds is 5. The molecule has 4 atom stereocenters. The highest BCUT2D eigenvalue weighted by molar-refractivity contribution is 8.04. The van der Waals surface area contributed by atoms with E-state index in [4.69, 9.17) is 14.6 Å². The van der Waals surface area contributed by atoms with Crippen LogP contribution in [0.5, 0.6) is 0 Å². The fourth-order valence-electron chi connectivity index (χ4n) is 5.37. The molecule has 0 saturated carbocycles. The molecule has 2 aliphatic heterocycles. The zero-order valence-electron chi connectivity index (χ0n) is 20.2. The third-order valence-electron chi connectivity index (χ3n) is 7.01. The molecular formula is C27H34O6S2. The number of Topliss-reactive ketones (excluding diaryl/α,β-unsaturated/α-hetero) is 1. The maximum atomic E-state index is 12.0. The van der Waals surface area contributed by atoms with Crippen LogP contribution in [0.4, 0.5) is 0 Å². The number of fused-ring (bicyclic) bond motifs is 2. The first-order valence-electron chi connectivity index (χ1n) is 12.6. The van der Waals surface area contributed by atoms with Gasteiger partial charge in [0.1, 0.15) is 0 Å². The number of carbonyl (C=O) groups excluding carboxylic acids is 2. The summed E-state index contributed by atoms with van der Waals surface area (Å²) < 4.78 is 10.0. The van der Waals surface area contributed by atoms with E-state index in [-0.39, 0.29) is 23.6 Å². The summed E-state index contributed by atoms with van der Waals surface area (Å²) in [5.74, 6) is 1.33. The molecule has 0 aromatic rings. The number of allylic oxidation sites excluding steroid dienone is 7. The zero-order valence-corrected chi connectivity index (χ0v) is 21.8. The summed E-state index contributed by atoms with van der Waals surface area (Å²) >= 11 is 3.04. The number of carbonyl (C=O) groups is 3. The minimum Gasteiger partial charge on any atom is -0.481 e. The molecule has 6 nitrogen and oxygen atoms in total. The van der Waals surface area contributed by atoms with Crippen LogP contribution < -0.4 is 0 Å². The van der Waals surface area contributed by atoms with Crippen molar-refractivity contribution in [2.75, 3.05) is 31.3 Å². The van der Waals surface area contributed by atoms with Gasteiger partial charge in [-0.1, -0.05) is 24.3 Å². The molecule has 8 aliphatic rings. The van der Waals surface area contributed by atoms with Crippen LogP contribution in [0.3, 0.4) is 0 Å². The second-order valence-electron chi connectivity index (χ2n) is 9.34. The van der Waals surface area contributed by atoms with Crippen LogP contribution in [0.2, 0.25) is 0 Å². The molecule has 6 aliphatic carbocycles. The van der Waals surface area contributed by atoms with Crippen molar-refractivity contribution >= 4 is 41.2 Å². The van der Waals surface area contributed by atoms with Crippen molar-refractivity contribution in [2.24, 2.45) is 23.7 Å². The van der Waals surface area contributed by atoms with Gasteiger partial charge >= 0.3 is 11.9 Å². The number of hydrogen-bond donors (Lipinski definition) is 1. The van der Waals surface area contributed by atoms with Gasteiger partial charge in [0.2, 0.25) is 0 Å². The van der Waals surface area contributed by atoms with Gasteiger partial charge in [-0.05, 0) is 50.4 Å². The molecule has 0 aromatic carbocycles. The smallest absolute Gasteiger partial charge is 0.335 e. The van der Waals surface area contributed by atoms with Crippen LogP contribution in [0.1, 0.15) is 45.4 Å². The number of carboxylic acid groups (broad SMARTS) is 1. The van der Waals surface area contributed by atoms with Gasteiger partial charge in [0.15, 0.2) is 5.78 Å². The zero-order chi connectivity index (χ0) is 24.8. The average molecular weight is 519 g/mol. The molecular weight excluding hydrogens is 484 g/mol. The van der Waals surface area contributed by atoms with Crippen molar-refractivity contribution in [1.82, 2.24) is 0 Å². The molecule has 2 heterocycles. The number of aliphatic carboxylic acids is 1. The Balaban J connectivity index is 0.000000144. The first-order chi connectivity index (χ1) is 17.0. The lowest BCUT2D eigenvalue weighted by Crippen LogP contribution is -2.27. The molecule has 8 rings (SSSR count). The van der Waals surface area contributed by atoms with Crippen molar-refractivity contribution in [1.29, 1.82) is 0 Å². The average Bonchev–Trinajstić information content (AvgIpc) is 3.59. The van der Waals surface area contributed by atoms with Crippen molar-refractivity contribution in [2.45, 2.75) is 45.4 Å². The number of thioether (sulfide) groups is 2. The molecule has 1 fully saturated rings. The number of hydrogen-bond acceptors (Lipinski definition) is 7. The maximum Gasteiger partial charge on any atom is 0.335 e. The highest BCUT2D eigenvalue weighted by Gasteiger charge is 2.38. The number of esters is 1. The quantitative estimate of drug-likeness (QED) is 0.394. The predicted octanol–water partition coefficient (Wildman–Crippen LogP) is 5.17. The SMILES string of the molecule is C1CCOC1.CCOC(=O)C1=C(SCC(=O)O)C2C=CC1CC2.O=C1CSC2=C1C1C=CC2CC1.